The predicted molar refractivity (Wildman–Crippen MR) is 99.5 cm³/mol. The predicted octanol–water partition coefficient (Wildman–Crippen LogP) is 3.03. The molecule has 0 N–H and O–H groups in total. The van der Waals surface area contributed by atoms with Crippen LogP contribution in [0.1, 0.15) is 48.1 Å². The van der Waals surface area contributed by atoms with Gasteiger partial charge in [0.25, 0.3) is 5.91 Å². The second-order valence-corrected chi connectivity index (χ2v) is 6.91. The van der Waals surface area contributed by atoms with Crippen LogP contribution in [0.3, 0.4) is 0 Å². The summed E-state index contributed by atoms with van der Waals surface area (Å²) < 4.78 is 1.69. The quantitative estimate of drug-likeness (QED) is 0.840. The van der Waals surface area contributed by atoms with Gasteiger partial charge in [0, 0.05) is 38.8 Å². The Balaban J connectivity index is 1.71. The van der Waals surface area contributed by atoms with Crippen molar-refractivity contribution in [3.63, 3.8) is 0 Å². The average molecular weight is 340 g/mol. The van der Waals surface area contributed by atoms with Crippen LogP contribution in [0.25, 0.3) is 0 Å². The van der Waals surface area contributed by atoms with Crippen molar-refractivity contribution in [1.82, 2.24) is 19.6 Å². The minimum atomic E-state index is 0.0878. The molecule has 1 aromatic heterocycles. The molecule has 5 heteroatoms. The van der Waals surface area contributed by atoms with E-state index in [2.05, 4.69) is 54.2 Å². The molecule has 2 aromatic rings. The number of likely N-dealkylation sites (N-methyl/N-ethyl adjacent to an activating group) is 1. The average Bonchev–Trinajstić information content (AvgIpc) is 3.22. The van der Waals surface area contributed by atoms with Crippen LogP contribution in [-0.4, -0.2) is 51.2 Å². The first-order chi connectivity index (χ1) is 12.0. The molecule has 0 radical (unpaired) electrons. The Labute approximate surface area is 150 Å². The SMILES string of the molecule is CCN(C(=O)c1cc(C)nn1C)[C@@H]1CCN([C@H](C)c2ccccc2)C1. The van der Waals surface area contributed by atoms with Gasteiger partial charge < -0.3 is 4.90 Å². The van der Waals surface area contributed by atoms with Gasteiger partial charge >= 0.3 is 0 Å². The van der Waals surface area contributed by atoms with Crippen molar-refractivity contribution in [2.45, 2.75) is 39.3 Å². The lowest BCUT2D eigenvalue weighted by atomic mass is 10.1. The molecule has 0 spiro atoms. The molecule has 1 aliphatic heterocycles. The number of amides is 1. The Morgan fingerprint density at radius 1 is 1.36 bits per heavy atom. The Kier molecular flexibility index (Phi) is 5.23. The molecule has 1 aromatic carbocycles. The van der Waals surface area contributed by atoms with Crippen LogP contribution in [0.2, 0.25) is 0 Å². The van der Waals surface area contributed by atoms with Gasteiger partial charge in [-0.1, -0.05) is 30.3 Å². The van der Waals surface area contributed by atoms with Gasteiger partial charge in [-0.3, -0.25) is 14.4 Å². The number of aromatic nitrogens is 2. The number of rotatable bonds is 5. The molecule has 1 saturated heterocycles. The Hall–Kier alpha value is -2.14. The molecular formula is C20H28N4O. The van der Waals surface area contributed by atoms with Gasteiger partial charge in [-0.25, -0.2) is 0 Å². The third-order valence-corrected chi connectivity index (χ3v) is 5.29. The molecule has 25 heavy (non-hydrogen) atoms. The number of carbonyl (C=O) groups is 1. The van der Waals surface area contributed by atoms with Crippen LogP contribution in [0.5, 0.6) is 0 Å². The molecule has 0 bridgehead atoms. The van der Waals surface area contributed by atoms with Crippen molar-refractivity contribution in [2.75, 3.05) is 19.6 Å². The number of likely N-dealkylation sites (tertiary alicyclic amines) is 1. The zero-order valence-electron chi connectivity index (χ0n) is 15.6. The maximum Gasteiger partial charge on any atom is 0.272 e. The summed E-state index contributed by atoms with van der Waals surface area (Å²) in [6.07, 6.45) is 1.02. The van der Waals surface area contributed by atoms with Gasteiger partial charge in [-0.05, 0) is 38.8 Å². The van der Waals surface area contributed by atoms with Gasteiger partial charge in [0.05, 0.1) is 5.69 Å². The minimum Gasteiger partial charge on any atom is -0.333 e. The molecule has 1 aliphatic rings. The first-order valence-electron chi connectivity index (χ1n) is 9.11. The highest BCUT2D eigenvalue weighted by Crippen LogP contribution is 2.27. The monoisotopic (exact) mass is 340 g/mol. The van der Waals surface area contributed by atoms with Crippen molar-refractivity contribution in [3.8, 4) is 0 Å². The molecule has 2 heterocycles. The zero-order chi connectivity index (χ0) is 18.0. The van der Waals surface area contributed by atoms with E-state index in [0.717, 1.165) is 31.7 Å². The van der Waals surface area contributed by atoms with E-state index in [-0.39, 0.29) is 11.9 Å². The summed E-state index contributed by atoms with van der Waals surface area (Å²) in [5, 5.41) is 4.32. The topological polar surface area (TPSA) is 41.4 Å². The number of hydrogen-bond donors (Lipinski definition) is 0. The number of carbonyl (C=O) groups excluding carboxylic acids is 1. The zero-order valence-corrected chi connectivity index (χ0v) is 15.6. The van der Waals surface area contributed by atoms with Crippen LogP contribution < -0.4 is 0 Å². The Morgan fingerprint density at radius 2 is 2.08 bits per heavy atom. The molecule has 0 aliphatic carbocycles. The minimum absolute atomic E-state index is 0.0878. The summed E-state index contributed by atoms with van der Waals surface area (Å²) in [4.78, 5) is 17.5. The van der Waals surface area contributed by atoms with E-state index in [1.807, 2.05) is 24.9 Å². The van der Waals surface area contributed by atoms with Gasteiger partial charge in [0.1, 0.15) is 5.69 Å². The first kappa shape index (κ1) is 17.7. The van der Waals surface area contributed by atoms with E-state index in [9.17, 15) is 4.79 Å². The lowest BCUT2D eigenvalue weighted by molar-refractivity contribution is 0.0678. The fourth-order valence-electron chi connectivity index (χ4n) is 3.84. The lowest BCUT2D eigenvalue weighted by Crippen LogP contribution is -2.42. The van der Waals surface area contributed by atoms with Crippen LogP contribution in [-0.2, 0) is 7.05 Å². The summed E-state index contributed by atoms with van der Waals surface area (Å²) >= 11 is 0. The maximum atomic E-state index is 13.0. The summed E-state index contributed by atoms with van der Waals surface area (Å²) in [5.74, 6) is 0.0878. The Morgan fingerprint density at radius 3 is 2.68 bits per heavy atom. The number of hydrogen-bond acceptors (Lipinski definition) is 3. The second-order valence-electron chi connectivity index (χ2n) is 6.91. The highest BCUT2D eigenvalue weighted by molar-refractivity contribution is 5.93. The van der Waals surface area contributed by atoms with Crippen LogP contribution in [0.4, 0.5) is 0 Å². The third kappa shape index (κ3) is 3.61. The summed E-state index contributed by atoms with van der Waals surface area (Å²) in [6, 6.07) is 13.1. The van der Waals surface area contributed by atoms with Crippen molar-refractivity contribution >= 4 is 5.91 Å². The molecule has 2 atom stereocenters. The second kappa shape index (κ2) is 7.40. The number of nitrogens with zero attached hydrogens (tertiary/aromatic N) is 4. The van der Waals surface area contributed by atoms with Crippen molar-refractivity contribution in [2.24, 2.45) is 7.05 Å². The molecule has 5 nitrogen and oxygen atoms in total. The highest BCUT2D eigenvalue weighted by atomic mass is 16.2. The van der Waals surface area contributed by atoms with Gasteiger partial charge in [-0.2, -0.15) is 5.10 Å². The third-order valence-electron chi connectivity index (χ3n) is 5.29. The van der Waals surface area contributed by atoms with E-state index in [1.54, 1.807) is 4.68 Å². The van der Waals surface area contributed by atoms with Crippen molar-refractivity contribution < 1.29 is 4.79 Å². The summed E-state index contributed by atoms with van der Waals surface area (Å²) in [6.45, 7) is 8.90. The van der Waals surface area contributed by atoms with Crippen LogP contribution >= 0.6 is 0 Å². The fraction of sp³-hybridized carbons (Fsp3) is 0.500. The number of benzene rings is 1. The molecule has 0 saturated carbocycles. The maximum absolute atomic E-state index is 13.0. The normalized spacial score (nSPS) is 19.1. The smallest absolute Gasteiger partial charge is 0.272 e. The van der Waals surface area contributed by atoms with E-state index >= 15 is 0 Å². The fourth-order valence-corrected chi connectivity index (χ4v) is 3.84. The largest absolute Gasteiger partial charge is 0.333 e. The Bertz CT molecular complexity index is 725. The van der Waals surface area contributed by atoms with Gasteiger partial charge in [0.15, 0.2) is 0 Å². The molecule has 1 amide bonds. The van der Waals surface area contributed by atoms with E-state index < -0.39 is 0 Å². The standard InChI is InChI=1S/C20H28N4O/c1-5-24(20(25)19-13-15(2)21-22(19)4)18-11-12-23(14-18)16(3)17-9-7-6-8-10-17/h6-10,13,16,18H,5,11-12,14H2,1-4H3/t16-,18-/m1/s1. The lowest BCUT2D eigenvalue weighted by Gasteiger charge is -2.29. The molecule has 134 valence electrons. The van der Waals surface area contributed by atoms with Crippen LogP contribution in [0.15, 0.2) is 36.4 Å². The van der Waals surface area contributed by atoms with Gasteiger partial charge in [0.2, 0.25) is 0 Å². The van der Waals surface area contributed by atoms with Crippen molar-refractivity contribution in [1.29, 1.82) is 0 Å². The van der Waals surface area contributed by atoms with Crippen molar-refractivity contribution in [3.05, 3.63) is 53.3 Å². The highest BCUT2D eigenvalue weighted by Gasteiger charge is 2.33. The molecule has 3 rings (SSSR count). The number of aryl methyl sites for hydroxylation is 2. The van der Waals surface area contributed by atoms with E-state index in [0.29, 0.717) is 11.7 Å². The van der Waals surface area contributed by atoms with Crippen LogP contribution in [0, 0.1) is 6.92 Å². The molecule has 1 fully saturated rings. The summed E-state index contributed by atoms with van der Waals surface area (Å²) in [7, 11) is 1.84. The van der Waals surface area contributed by atoms with E-state index in [1.165, 1.54) is 5.56 Å². The first-order valence-corrected chi connectivity index (χ1v) is 9.11. The van der Waals surface area contributed by atoms with Gasteiger partial charge in [-0.15, -0.1) is 0 Å². The molecular weight excluding hydrogens is 312 g/mol. The molecule has 0 unspecified atom stereocenters. The summed E-state index contributed by atoms with van der Waals surface area (Å²) in [5.41, 5.74) is 2.89. The van der Waals surface area contributed by atoms with E-state index in [4.69, 9.17) is 0 Å².